The van der Waals surface area contributed by atoms with Crippen molar-refractivity contribution in [3.05, 3.63) is 0 Å². The van der Waals surface area contributed by atoms with Crippen LogP contribution in [0.4, 0.5) is 0 Å². The minimum atomic E-state index is -0.597. The Kier molecular flexibility index (Phi) is 7.11. The van der Waals surface area contributed by atoms with Crippen LogP contribution in [0.1, 0.15) is 12.8 Å². The van der Waals surface area contributed by atoms with Gasteiger partial charge in [-0.3, -0.25) is 4.79 Å². The molecule has 3 N–H and O–H groups in total. The highest BCUT2D eigenvalue weighted by atomic mass is 16.5. The number of aliphatic hydroxyl groups is 1. The van der Waals surface area contributed by atoms with Crippen molar-refractivity contribution in [3.63, 3.8) is 0 Å². The summed E-state index contributed by atoms with van der Waals surface area (Å²) in [5.41, 5.74) is 0. The summed E-state index contributed by atoms with van der Waals surface area (Å²) in [6.45, 7) is 1.83. The van der Waals surface area contributed by atoms with Gasteiger partial charge in [-0.15, -0.1) is 0 Å². The highest BCUT2D eigenvalue weighted by Gasteiger charge is 2.22. The van der Waals surface area contributed by atoms with Crippen LogP contribution < -0.4 is 10.6 Å². The fourth-order valence-corrected chi connectivity index (χ4v) is 1.28. The van der Waals surface area contributed by atoms with E-state index in [-0.39, 0.29) is 19.1 Å². The van der Waals surface area contributed by atoms with Crippen molar-refractivity contribution in [1.82, 2.24) is 10.6 Å². The molecule has 1 amide bonds. The van der Waals surface area contributed by atoms with Gasteiger partial charge in [-0.2, -0.15) is 0 Å². The lowest BCUT2D eigenvalue weighted by Gasteiger charge is -2.12. The molecule has 0 aromatic carbocycles. The monoisotopic (exact) mass is 246 g/mol. The van der Waals surface area contributed by atoms with E-state index in [2.05, 4.69) is 10.6 Å². The summed E-state index contributed by atoms with van der Waals surface area (Å²) < 4.78 is 9.96. The Balaban J connectivity index is 1.88. The molecule has 17 heavy (non-hydrogen) atoms. The van der Waals surface area contributed by atoms with Crippen molar-refractivity contribution in [3.8, 4) is 0 Å². The maximum atomic E-state index is 11.3. The lowest BCUT2D eigenvalue weighted by molar-refractivity contribution is -0.120. The fourth-order valence-electron chi connectivity index (χ4n) is 1.28. The molecule has 1 unspecified atom stereocenters. The van der Waals surface area contributed by atoms with E-state index in [0.29, 0.717) is 25.8 Å². The first kappa shape index (κ1) is 14.4. The van der Waals surface area contributed by atoms with Crippen molar-refractivity contribution < 1.29 is 19.4 Å². The number of nitrogens with one attached hydrogen (secondary N) is 2. The SMILES string of the molecule is COCCOCC(O)CNCC(=O)NC1CC1. The predicted molar refractivity (Wildman–Crippen MR) is 62.7 cm³/mol. The molecule has 0 aliphatic heterocycles. The normalized spacial score (nSPS) is 16.8. The smallest absolute Gasteiger partial charge is 0.234 e. The van der Waals surface area contributed by atoms with Gasteiger partial charge in [0.15, 0.2) is 0 Å². The number of amides is 1. The first-order chi connectivity index (χ1) is 8.22. The second kappa shape index (κ2) is 8.41. The number of rotatable bonds is 10. The second-order valence-electron chi connectivity index (χ2n) is 4.19. The third kappa shape index (κ3) is 8.09. The van der Waals surface area contributed by atoms with Gasteiger partial charge in [-0.05, 0) is 12.8 Å². The van der Waals surface area contributed by atoms with Crippen LogP contribution in [-0.4, -0.2) is 63.2 Å². The van der Waals surface area contributed by atoms with Crippen LogP contribution in [0.25, 0.3) is 0 Å². The first-order valence-corrected chi connectivity index (χ1v) is 5.97. The molecule has 0 aromatic rings. The average Bonchev–Trinajstić information content (AvgIpc) is 3.08. The number of aliphatic hydroxyl groups excluding tert-OH is 1. The number of hydrogen-bond donors (Lipinski definition) is 3. The van der Waals surface area contributed by atoms with E-state index in [1.807, 2.05) is 0 Å². The van der Waals surface area contributed by atoms with Crippen molar-refractivity contribution in [2.75, 3.05) is 40.0 Å². The summed E-state index contributed by atoms with van der Waals surface area (Å²) in [5, 5.41) is 15.2. The molecule has 0 heterocycles. The summed E-state index contributed by atoms with van der Waals surface area (Å²) in [7, 11) is 1.60. The zero-order valence-electron chi connectivity index (χ0n) is 10.3. The Hall–Kier alpha value is -0.690. The summed E-state index contributed by atoms with van der Waals surface area (Å²) in [6, 6.07) is 0.381. The molecule has 1 aliphatic carbocycles. The average molecular weight is 246 g/mol. The molecule has 1 rings (SSSR count). The van der Waals surface area contributed by atoms with E-state index >= 15 is 0 Å². The molecule has 0 bridgehead atoms. The van der Waals surface area contributed by atoms with Crippen molar-refractivity contribution in [2.45, 2.75) is 25.0 Å². The van der Waals surface area contributed by atoms with E-state index < -0.39 is 6.10 Å². The molecule has 1 aliphatic rings. The van der Waals surface area contributed by atoms with Gasteiger partial charge in [-0.1, -0.05) is 0 Å². The molecule has 0 saturated heterocycles. The zero-order valence-corrected chi connectivity index (χ0v) is 10.3. The van der Waals surface area contributed by atoms with Gasteiger partial charge in [0.1, 0.15) is 0 Å². The Morgan fingerprint density at radius 2 is 2.24 bits per heavy atom. The van der Waals surface area contributed by atoms with Crippen LogP contribution in [0, 0.1) is 0 Å². The molecule has 1 fully saturated rings. The van der Waals surface area contributed by atoms with E-state index in [9.17, 15) is 9.90 Å². The molecule has 6 nitrogen and oxygen atoms in total. The Morgan fingerprint density at radius 3 is 2.88 bits per heavy atom. The summed E-state index contributed by atoms with van der Waals surface area (Å²) in [4.78, 5) is 11.3. The molecular formula is C11H22N2O4. The third-order valence-electron chi connectivity index (χ3n) is 2.35. The minimum Gasteiger partial charge on any atom is -0.389 e. The summed E-state index contributed by atoms with van der Waals surface area (Å²) in [6.07, 6.45) is 1.57. The number of ether oxygens (including phenoxy) is 2. The van der Waals surface area contributed by atoms with Gasteiger partial charge in [0.05, 0.1) is 32.5 Å². The largest absolute Gasteiger partial charge is 0.389 e. The van der Waals surface area contributed by atoms with Crippen LogP contribution in [0.3, 0.4) is 0 Å². The number of carbonyl (C=O) groups excluding carboxylic acids is 1. The van der Waals surface area contributed by atoms with Gasteiger partial charge in [0, 0.05) is 19.7 Å². The van der Waals surface area contributed by atoms with Crippen molar-refractivity contribution in [2.24, 2.45) is 0 Å². The number of hydrogen-bond acceptors (Lipinski definition) is 5. The first-order valence-electron chi connectivity index (χ1n) is 5.97. The lowest BCUT2D eigenvalue weighted by Crippen LogP contribution is -2.39. The van der Waals surface area contributed by atoms with Gasteiger partial charge >= 0.3 is 0 Å². The minimum absolute atomic E-state index is 0.0139. The van der Waals surface area contributed by atoms with Gasteiger partial charge in [-0.25, -0.2) is 0 Å². The molecule has 0 aromatic heterocycles. The molecule has 100 valence electrons. The quantitative estimate of drug-likeness (QED) is 0.425. The van der Waals surface area contributed by atoms with Crippen LogP contribution >= 0.6 is 0 Å². The van der Waals surface area contributed by atoms with Crippen LogP contribution in [0.15, 0.2) is 0 Å². The third-order valence-corrected chi connectivity index (χ3v) is 2.35. The van der Waals surface area contributed by atoms with Gasteiger partial charge in [0.25, 0.3) is 0 Å². The lowest BCUT2D eigenvalue weighted by atomic mass is 10.3. The maximum Gasteiger partial charge on any atom is 0.234 e. The van der Waals surface area contributed by atoms with Gasteiger partial charge < -0.3 is 25.2 Å². The van der Waals surface area contributed by atoms with E-state index in [4.69, 9.17) is 9.47 Å². The van der Waals surface area contributed by atoms with Gasteiger partial charge in [0.2, 0.25) is 5.91 Å². The molecule has 1 atom stereocenters. The van der Waals surface area contributed by atoms with E-state index in [0.717, 1.165) is 12.8 Å². The zero-order chi connectivity index (χ0) is 12.5. The summed E-state index contributed by atoms with van der Waals surface area (Å²) >= 11 is 0. The van der Waals surface area contributed by atoms with Crippen LogP contribution in [0.5, 0.6) is 0 Å². The standard InChI is InChI=1S/C11H22N2O4/c1-16-4-5-17-8-10(14)6-12-7-11(15)13-9-2-3-9/h9-10,12,14H,2-8H2,1H3,(H,13,15). The molecular weight excluding hydrogens is 224 g/mol. The van der Waals surface area contributed by atoms with Crippen molar-refractivity contribution in [1.29, 1.82) is 0 Å². The maximum absolute atomic E-state index is 11.3. The van der Waals surface area contributed by atoms with Crippen molar-refractivity contribution >= 4 is 5.91 Å². The number of carbonyl (C=O) groups is 1. The molecule has 0 spiro atoms. The Bertz CT molecular complexity index is 222. The molecule has 0 radical (unpaired) electrons. The molecule has 1 saturated carbocycles. The fraction of sp³-hybridized carbons (Fsp3) is 0.909. The van der Waals surface area contributed by atoms with Crippen LogP contribution in [0.2, 0.25) is 0 Å². The van der Waals surface area contributed by atoms with Crippen LogP contribution in [-0.2, 0) is 14.3 Å². The second-order valence-corrected chi connectivity index (χ2v) is 4.19. The van der Waals surface area contributed by atoms with E-state index in [1.54, 1.807) is 7.11 Å². The highest BCUT2D eigenvalue weighted by molar-refractivity contribution is 5.78. The number of methoxy groups -OCH3 is 1. The Labute approximate surface area is 102 Å². The molecule has 6 heteroatoms. The highest BCUT2D eigenvalue weighted by Crippen LogP contribution is 2.18. The Morgan fingerprint density at radius 1 is 1.47 bits per heavy atom. The topological polar surface area (TPSA) is 79.8 Å². The summed E-state index contributed by atoms with van der Waals surface area (Å²) in [5.74, 6) is -0.0139. The predicted octanol–water partition coefficient (Wildman–Crippen LogP) is -1.12. The van der Waals surface area contributed by atoms with E-state index in [1.165, 1.54) is 0 Å².